The van der Waals surface area contributed by atoms with Crippen LogP contribution >= 0.6 is 11.8 Å². The Morgan fingerprint density at radius 3 is 2.38 bits per heavy atom. The zero-order valence-corrected chi connectivity index (χ0v) is 27.2. The standard InChI is InChI=1S/C35H41N5O6S/c1-40-23-37-38-35(40)47-22-30-19-31(26-15-13-24(21-41)14-16-26)46-34(45-30)29-10-6-9-28(18-29)27-8-5-7-25(17-27)20-36-32(42)11-3-2-4-12-33(43)39-44/h5-10,13-18,23,30-31,34,41,44H,2-4,11-12,19-22H2,1H3,(H,36,42)(H,39,43). The molecule has 0 spiro atoms. The van der Waals surface area contributed by atoms with Crippen molar-refractivity contribution in [1.29, 1.82) is 0 Å². The summed E-state index contributed by atoms with van der Waals surface area (Å²) in [6, 6.07) is 24.1. The van der Waals surface area contributed by atoms with E-state index in [4.69, 9.17) is 14.7 Å². The van der Waals surface area contributed by atoms with E-state index in [1.54, 1.807) is 23.6 Å². The Morgan fingerprint density at radius 1 is 0.915 bits per heavy atom. The van der Waals surface area contributed by atoms with Gasteiger partial charge in [-0.3, -0.25) is 14.8 Å². The second-order valence-electron chi connectivity index (χ2n) is 11.6. The third kappa shape index (κ3) is 9.96. The summed E-state index contributed by atoms with van der Waals surface area (Å²) in [5.74, 6) is 0.236. The van der Waals surface area contributed by atoms with E-state index >= 15 is 0 Å². The number of carbonyl (C=O) groups is 2. The SMILES string of the molecule is Cn1cnnc1SCC1CC(c2ccc(CO)cc2)OC(c2cccc(-c3cccc(CNC(=O)CCCCCC(=O)NO)c3)c2)O1. The lowest BCUT2D eigenvalue weighted by atomic mass is 9.99. The van der Waals surface area contributed by atoms with Gasteiger partial charge in [0.15, 0.2) is 11.4 Å². The molecule has 0 aliphatic carbocycles. The molecule has 3 atom stereocenters. The van der Waals surface area contributed by atoms with E-state index in [1.807, 2.05) is 72.3 Å². The van der Waals surface area contributed by atoms with Gasteiger partial charge in [0.1, 0.15) is 6.33 Å². The number of amides is 2. The van der Waals surface area contributed by atoms with Crippen molar-refractivity contribution in [3.8, 4) is 11.1 Å². The van der Waals surface area contributed by atoms with Crippen molar-refractivity contribution in [1.82, 2.24) is 25.6 Å². The molecule has 12 heteroatoms. The number of rotatable bonds is 15. The van der Waals surface area contributed by atoms with Gasteiger partial charge < -0.3 is 24.5 Å². The number of hydrogen-bond donors (Lipinski definition) is 4. The second-order valence-corrected chi connectivity index (χ2v) is 12.6. The molecule has 0 bridgehead atoms. The first-order valence-electron chi connectivity index (χ1n) is 15.8. The Hall–Kier alpha value is -4.07. The number of unbranched alkanes of at least 4 members (excludes halogenated alkanes) is 2. The molecule has 2 heterocycles. The number of nitrogens with zero attached hydrogens (tertiary/aromatic N) is 3. The van der Waals surface area contributed by atoms with E-state index in [9.17, 15) is 14.7 Å². The summed E-state index contributed by atoms with van der Waals surface area (Å²) >= 11 is 1.60. The third-order valence-electron chi connectivity index (χ3n) is 8.02. The number of aryl methyl sites for hydroxylation is 1. The number of thioether (sulfide) groups is 1. The van der Waals surface area contributed by atoms with Gasteiger partial charge in [0.25, 0.3) is 0 Å². The highest BCUT2D eigenvalue weighted by Crippen LogP contribution is 2.40. The summed E-state index contributed by atoms with van der Waals surface area (Å²) in [4.78, 5) is 23.5. The molecule has 4 N–H and O–H groups in total. The molecule has 1 aliphatic rings. The van der Waals surface area contributed by atoms with E-state index in [0.29, 0.717) is 38.0 Å². The molecule has 1 aliphatic heterocycles. The van der Waals surface area contributed by atoms with Crippen LogP contribution in [0.1, 0.15) is 73.2 Å². The van der Waals surface area contributed by atoms with Crippen LogP contribution in [0.4, 0.5) is 0 Å². The monoisotopic (exact) mass is 659 g/mol. The molecule has 4 aromatic rings. The average Bonchev–Trinajstić information content (AvgIpc) is 3.53. The predicted octanol–water partition coefficient (Wildman–Crippen LogP) is 5.38. The molecule has 3 unspecified atom stereocenters. The maximum absolute atomic E-state index is 12.4. The fourth-order valence-corrected chi connectivity index (χ4v) is 6.32. The summed E-state index contributed by atoms with van der Waals surface area (Å²) < 4.78 is 15.0. The minimum Gasteiger partial charge on any atom is -0.392 e. The minimum absolute atomic E-state index is 0.0100. The molecule has 3 aromatic carbocycles. The number of ether oxygens (including phenoxy) is 2. The van der Waals surface area contributed by atoms with Gasteiger partial charge in [-0.1, -0.05) is 78.8 Å². The Kier molecular flexibility index (Phi) is 12.5. The topological polar surface area (TPSA) is 148 Å². The Labute approximate surface area is 278 Å². The van der Waals surface area contributed by atoms with Crippen molar-refractivity contribution in [2.24, 2.45) is 7.05 Å². The molecule has 248 valence electrons. The number of carbonyl (C=O) groups excluding carboxylic acids is 2. The highest BCUT2D eigenvalue weighted by atomic mass is 32.2. The summed E-state index contributed by atoms with van der Waals surface area (Å²) in [5, 5.41) is 30.1. The van der Waals surface area contributed by atoms with E-state index in [1.165, 1.54) is 0 Å². The van der Waals surface area contributed by atoms with E-state index in [-0.39, 0.29) is 31.1 Å². The predicted molar refractivity (Wildman–Crippen MR) is 177 cm³/mol. The van der Waals surface area contributed by atoms with Crippen LogP contribution < -0.4 is 10.8 Å². The Morgan fingerprint density at radius 2 is 1.66 bits per heavy atom. The van der Waals surface area contributed by atoms with Gasteiger partial charge in [-0.25, -0.2) is 5.48 Å². The summed E-state index contributed by atoms with van der Waals surface area (Å²) in [5.41, 5.74) is 7.42. The Bertz CT molecular complexity index is 1610. The molecule has 5 rings (SSSR count). The molecule has 1 saturated heterocycles. The third-order valence-corrected chi connectivity index (χ3v) is 9.19. The molecule has 0 radical (unpaired) electrons. The fourth-order valence-electron chi connectivity index (χ4n) is 5.41. The fraction of sp³-hybridized carbons (Fsp3) is 0.371. The molecule has 1 aromatic heterocycles. The molecule has 2 amide bonds. The van der Waals surface area contributed by atoms with Crippen LogP contribution in [0.15, 0.2) is 84.3 Å². The summed E-state index contributed by atoms with van der Waals surface area (Å²) in [6.07, 6.45) is 4.14. The van der Waals surface area contributed by atoms with Crippen LogP contribution in [0.2, 0.25) is 0 Å². The van der Waals surface area contributed by atoms with Crippen LogP contribution in [-0.4, -0.2) is 48.7 Å². The first-order chi connectivity index (χ1) is 22.9. The van der Waals surface area contributed by atoms with E-state index in [2.05, 4.69) is 27.6 Å². The van der Waals surface area contributed by atoms with Crippen molar-refractivity contribution in [3.05, 3.63) is 101 Å². The second kappa shape index (κ2) is 17.2. The van der Waals surface area contributed by atoms with Crippen LogP contribution in [-0.2, 0) is 39.3 Å². The highest BCUT2D eigenvalue weighted by Gasteiger charge is 2.32. The summed E-state index contributed by atoms with van der Waals surface area (Å²) in [6.45, 7) is 0.402. The van der Waals surface area contributed by atoms with Gasteiger partial charge in [0.05, 0.1) is 18.8 Å². The average molecular weight is 660 g/mol. The van der Waals surface area contributed by atoms with Gasteiger partial charge >= 0.3 is 0 Å². The van der Waals surface area contributed by atoms with E-state index in [0.717, 1.165) is 45.0 Å². The van der Waals surface area contributed by atoms with Crippen molar-refractivity contribution in [2.45, 2.75) is 75.3 Å². The van der Waals surface area contributed by atoms with Crippen LogP contribution in [0.25, 0.3) is 11.1 Å². The zero-order chi connectivity index (χ0) is 33.0. The minimum atomic E-state index is -0.586. The van der Waals surface area contributed by atoms with Crippen molar-refractivity contribution in [2.75, 3.05) is 5.75 Å². The van der Waals surface area contributed by atoms with Crippen molar-refractivity contribution < 1.29 is 29.4 Å². The van der Waals surface area contributed by atoms with Gasteiger partial charge in [-0.15, -0.1) is 10.2 Å². The first kappa shape index (κ1) is 34.3. The number of benzene rings is 3. The van der Waals surface area contributed by atoms with Crippen molar-refractivity contribution in [3.63, 3.8) is 0 Å². The smallest absolute Gasteiger partial charge is 0.243 e. The number of nitrogens with one attached hydrogen (secondary N) is 2. The van der Waals surface area contributed by atoms with Gasteiger partial charge in [-0.05, 0) is 52.8 Å². The maximum Gasteiger partial charge on any atom is 0.243 e. The molecule has 0 saturated carbocycles. The number of hydrogen-bond acceptors (Lipinski definition) is 9. The first-order valence-corrected chi connectivity index (χ1v) is 16.8. The summed E-state index contributed by atoms with van der Waals surface area (Å²) in [7, 11) is 1.92. The molecule has 11 nitrogen and oxygen atoms in total. The van der Waals surface area contributed by atoms with Gasteiger partial charge in [0.2, 0.25) is 11.8 Å². The lowest BCUT2D eigenvalue weighted by molar-refractivity contribution is -0.245. The lowest BCUT2D eigenvalue weighted by Crippen LogP contribution is -2.31. The molecular weight excluding hydrogens is 618 g/mol. The van der Waals surface area contributed by atoms with Crippen LogP contribution in [0.5, 0.6) is 0 Å². The van der Waals surface area contributed by atoms with Crippen LogP contribution in [0.3, 0.4) is 0 Å². The van der Waals surface area contributed by atoms with Crippen LogP contribution in [0, 0.1) is 0 Å². The maximum atomic E-state index is 12.4. The number of hydroxylamine groups is 1. The Balaban J connectivity index is 1.24. The molecule has 47 heavy (non-hydrogen) atoms. The number of aliphatic hydroxyl groups excluding tert-OH is 1. The quantitative estimate of drug-likeness (QED) is 0.0571. The van der Waals surface area contributed by atoms with Gasteiger partial charge in [-0.2, -0.15) is 0 Å². The largest absolute Gasteiger partial charge is 0.392 e. The van der Waals surface area contributed by atoms with Crippen molar-refractivity contribution >= 4 is 23.6 Å². The molecular formula is C35H41N5O6S. The van der Waals surface area contributed by atoms with Gasteiger partial charge in [0, 0.05) is 44.2 Å². The number of aromatic nitrogens is 3. The zero-order valence-electron chi connectivity index (χ0n) is 26.4. The number of aliphatic hydroxyl groups is 1. The normalized spacial score (nSPS) is 17.7. The lowest BCUT2D eigenvalue weighted by Gasteiger charge is -2.36. The highest BCUT2D eigenvalue weighted by molar-refractivity contribution is 7.99. The molecule has 1 fully saturated rings. The van der Waals surface area contributed by atoms with E-state index < -0.39 is 12.2 Å².